The van der Waals surface area contributed by atoms with E-state index >= 15 is 0 Å². The number of H-pyrrole nitrogens is 1. The van der Waals surface area contributed by atoms with Gasteiger partial charge < -0.3 is 5.32 Å². The average molecular weight is 282 g/mol. The number of rotatable bonds is 6. The molecule has 0 radical (unpaired) electrons. The number of nitrogens with one attached hydrogen (secondary N) is 2. The van der Waals surface area contributed by atoms with Crippen LogP contribution in [0.2, 0.25) is 0 Å². The summed E-state index contributed by atoms with van der Waals surface area (Å²) in [4.78, 5) is 26.3. The Morgan fingerprint density at radius 1 is 1.30 bits per heavy atom. The van der Waals surface area contributed by atoms with Crippen molar-refractivity contribution in [3.05, 3.63) is 12.2 Å². The SMILES string of the molecule is CCC(C)C(=O)NC(CC)C(C)=O.CCc1ncn[nH]1. The molecule has 0 saturated carbocycles. The molecule has 1 aromatic heterocycles. The molecule has 114 valence electrons. The summed E-state index contributed by atoms with van der Waals surface area (Å²) >= 11 is 0. The van der Waals surface area contributed by atoms with E-state index in [9.17, 15) is 9.59 Å². The van der Waals surface area contributed by atoms with Gasteiger partial charge in [0.2, 0.25) is 5.91 Å². The predicted octanol–water partition coefficient (Wildman–Crippen LogP) is 1.88. The maximum atomic E-state index is 11.4. The fraction of sp³-hybridized carbons (Fsp3) is 0.714. The van der Waals surface area contributed by atoms with Crippen molar-refractivity contribution in [2.75, 3.05) is 0 Å². The molecule has 0 aliphatic rings. The van der Waals surface area contributed by atoms with Crippen molar-refractivity contribution in [3.8, 4) is 0 Å². The van der Waals surface area contributed by atoms with Crippen LogP contribution in [0.3, 0.4) is 0 Å². The second-order valence-electron chi connectivity index (χ2n) is 4.68. The van der Waals surface area contributed by atoms with Crippen molar-refractivity contribution < 1.29 is 9.59 Å². The molecule has 0 fully saturated rings. The standard InChI is InChI=1S/C10H19NO2.C4H7N3/c1-5-7(3)10(13)11-9(6-2)8(4)12;1-2-4-5-3-6-7-4/h7,9H,5-6H2,1-4H3,(H,11,13);3H,2H2,1H3,(H,5,6,7). The largest absolute Gasteiger partial charge is 0.346 e. The lowest BCUT2D eigenvalue weighted by Gasteiger charge is -2.16. The average Bonchev–Trinajstić information content (AvgIpc) is 2.97. The van der Waals surface area contributed by atoms with Gasteiger partial charge in [0.25, 0.3) is 0 Å². The summed E-state index contributed by atoms with van der Waals surface area (Å²) in [5.74, 6) is 0.942. The Bertz CT molecular complexity index is 390. The van der Waals surface area contributed by atoms with Crippen molar-refractivity contribution in [2.24, 2.45) is 5.92 Å². The number of carbonyl (C=O) groups excluding carboxylic acids is 2. The molecule has 0 saturated heterocycles. The van der Waals surface area contributed by atoms with E-state index in [1.54, 1.807) is 0 Å². The molecule has 1 aromatic rings. The number of Topliss-reactive ketones (excluding diaryl/α,β-unsaturated/α-hetero) is 1. The Hall–Kier alpha value is -1.72. The highest BCUT2D eigenvalue weighted by atomic mass is 16.2. The number of hydrogen-bond donors (Lipinski definition) is 2. The van der Waals surface area contributed by atoms with E-state index in [4.69, 9.17) is 0 Å². The Morgan fingerprint density at radius 3 is 2.25 bits per heavy atom. The van der Waals surface area contributed by atoms with Crippen LogP contribution in [0.1, 0.15) is 53.3 Å². The molecule has 2 atom stereocenters. The van der Waals surface area contributed by atoms with Gasteiger partial charge in [-0.1, -0.05) is 27.7 Å². The normalized spacial score (nSPS) is 12.8. The molecule has 1 amide bonds. The maximum Gasteiger partial charge on any atom is 0.223 e. The second-order valence-corrected chi connectivity index (χ2v) is 4.68. The fourth-order valence-corrected chi connectivity index (χ4v) is 1.39. The number of aromatic nitrogens is 3. The lowest BCUT2D eigenvalue weighted by atomic mass is 10.1. The first-order valence-electron chi connectivity index (χ1n) is 7.11. The van der Waals surface area contributed by atoms with Crippen molar-refractivity contribution in [2.45, 2.75) is 59.9 Å². The molecule has 0 bridgehead atoms. The van der Waals surface area contributed by atoms with Gasteiger partial charge in [-0.2, -0.15) is 5.10 Å². The third kappa shape index (κ3) is 7.01. The lowest BCUT2D eigenvalue weighted by molar-refractivity contribution is -0.129. The quantitative estimate of drug-likeness (QED) is 0.834. The van der Waals surface area contributed by atoms with E-state index in [2.05, 4.69) is 20.5 Å². The van der Waals surface area contributed by atoms with Gasteiger partial charge in [0.15, 0.2) is 5.78 Å². The topological polar surface area (TPSA) is 87.7 Å². The third-order valence-electron chi connectivity index (χ3n) is 3.08. The number of aromatic amines is 1. The molecular formula is C14H26N4O2. The number of carbonyl (C=O) groups is 2. The third-order valence-corrected chi connectivity index (χ3v) is 3.08. The van der Waals surface area contributed by atoms with Gasteiger partial charge in [-0.25, -0.2) is 4.98 Å². The monoisotopic (exact) mass is 282 g/mol. The summed E-state index contributed by atoms with van der Waals surface area (Å²) in [6, 6.07) is -0.304. The summed E-state index contributed by atoms with van der Waals surface area (Å²) in [6.45, 7) is 9.25. The van der Waals surface area contributed by atoms with Crippen LogP contribution in [0.4, 0.5) is 0 Å². The van der Waals surface area contributed by atoms with Crippen molar-refractivity contribution in [1.29, 1.82) is 0 Å². The van der Waals surface area contributed by atoms with Crippen LogP contribution in [0.25, 0.3) is 0 Å². The summed E-state index contributed by atoms with van der Waals surface area (Å²) in [5.41, 5.74) is 0. The Labute approximate surface area is 120 Å². The highest BCUT2D eigenvalue weighted by Crippen LogP contribution is 2.02. The predicted molar refractivity (Wildman–Crippen MR) is 78.1 cm³/mol. The molecule has 1 heterocycles. The van der Waals surface area contributed by atoms with E-state index in [0.29, 0.717) is 6.42 Å². The first-order chi connectivity index (χ1) is 9.46. The molecule has 6 nitrogen and oxygen atoms in total. The minimum atomic E-state index is -0.304. The van der Waals surface area contributed by atoms with E-state index in [0.717, 1.165) is 18.7 Å². The van der Waals surface area contributed by atoms with Crippen LogP contribution in [-0.2, 0) is 16.0 Å². The lowest BCUT2D eigenvalue weighted by Crippen LogP contribution is -2.41. The Balaban J connectivity index is 0.000000428. The van der Waals surface area contributed by atoms with E-state index in [-0.39, 0.29) is 23.7 Å². The molecule has 0 aliphatic heterocycles. The van der Waals surface area contributed by atoms with Crippen LogP contribution in [0, 0.1) is 5.92 Å². The zero-order valence-corrected chi connectivity index (χ0v) is 13.1. The fourth-order valence-electron chi connectivity index (χ4n) is 1.39. The summed E-state index contributed by atoms with van der Waals surface area (Å²) in [5, 5.41) is 9.11. The first kappa shape index (κ1) is 18.3. The summed E-state index contributed by atoms with van der Waals surface area (Å²) in [6.07, 6.45) is 3.91. The number of nitrogens with zero attached hydrogens (tertiary/aromatic N) is 2. The number of amides is 1. The van der Waals surface area contributed by atoms with Crippen molar-refractivity contribution >= 4 is 11.7 Å². The van der Waals surface area contributed by atoms with Gasteiger partial charge in [0, 0.05) is 12.3 Å². The smallest absolute Gasteiger partial charge is 0.223 e. The molecule has 1 rings (SSSR count). The van der Waals surface area contributed by atoms with E-state index in [1.807, 2.05) is 27.7 Å². The van der Waals surface area contributed by atoms with Gasteiger partial charge >= 0.3 is 0 Å². The van der Waals surface area contributed by atoms with Gasteiger partial charge in [-0.05, 0) is 19.8 Å². The first-order valence-corrected chi connectivity index (χ1v) is 7.11. The number of hydrogen-bond acceptors (Lipinski definition) is 4. The zero-order valence-electron chi connectivity index (χ0n) is 13.1. The molecule has 20 heavy (non-hydrogen) atoms. The molecule has 0 aromatic carbocycles. The molecule has 0 spiro atoms. The zero-order chi connectivity index (χ0) is 15.5. The van der Waals surface area contributed by atoms with E-state index < -0.39 is 0 Å². The summed E-state index contributed by atoms with van der Waals surface area (Å²) in [7, 11) is 0. The molecule has 6 heteroatoms. The van der Waals surface area contributed by atoms with Crippen LogP contribution < -0.4 is 5.32 Å². The Morgan fingerprint density at radius 2 is 1.95 bits per heavy atom. The molecule has 2 unspecified atom stereocenters. The number of aryl methyl sites for hydroxylation is 1. The van der Waals surface area contributed by atoms with Crippen molar-refractivity contribution in [1.82, 2.24) is 20.5 Å². The van der Waals surface area contributed by atoms with Crippen LogP contribution >= 0.6 is 0 Å². The second kappa shape index (κ2) is 10.1. The van der Waals surface area contributed by atoms with Gasteiger partial charge in [0.1, 0.15) is 12.2 Å². The van der Waals surface area contributed by atoms with Crippen LogP contribution in [-0.4, -0.2) is 32.9 Å². The molecular weight excluding hydrogens is 256 g/mol. The number of ketones is 1. The highest BCUT2D eigenvalue weighted by Gasteiger charge is 2.17. The van der Waals surface area contributed by atoms with E-state index in [1.165, 1.54) is 13.3 Å². The van der Waals surface area contributed by atoms with Crippen molar-refractivity contribution in [3.63, 3.8) is 0 Å². The Kier molecular flexibility index (Phi) is 9.24. The highest BCUT2D eigenvalue weighted by molar-refractivity contribution is 5.88. The summed E-state index contributed by atoms with van der Waals surface area (Å²) < 4.78 is 0. The maximum absolute atomic E-state index is 11.4. The molecule has 2 N–H and O–H groups in total. The minimum absolute atomic E-state index is 0.00611. The van der Waals surface area contributed by atoms with Crippen LogP contribution in [0.5, 0.6) is 0 Å². The van der Waals surface area contributed by atoms with Gasteiger partial charge in [0.05, 0.1) is 6.04 Å². The molecule has 0 aliphatic carbocycles. The minimum Gasteiger partial charge on any atom is -0.346 e. The van der Waals surface area contributed by atoms with Gasteiger partial charge in [-0.3, -0.25) is 14.7 Å². The van der Waals surface area contributed by atoms with Gasteiger partial charge in [-0.15, -0.1) is 0 Å². The van der Waals surface area contributed by atoms with Crippen LogP contribution in [0.15, 0.2) is 6.33 Å².